The highest BCUT2D eigenvalue weighted by Crippen LogP contribution is 2.37. The summed E-state index contributed by atoms with van der Waals surface area (Å²) in [4.78, 5) is 140. The van der Waals surface area contributed by atoms with E-state index in [4.69, 9.17) is 93.6 Å². The van der Waals surface area contributed by atoms with Crippen LogP contribution in [0.2, 0.25) is 0 Å². The minimum atomic E-state index is -4.52. The zero-order valence-corrected chi connectivity index (χ0v) is 79.2. The summed E-state index contributed by atoms with van der Waals surface area (Å²) in [6, 6.07) is 20.5. The molecule has 4 aromatic carbocycles. The molecule has 0 saturated carbocycles. The van der Waals surface area contributed by atoms with Gasteiger partial charge in [-0.05, 0) is 80.0 Å². The second kappa shape index (κ2) is 67.9. The fourth-order valence-corrected chi connectivity index (χ4v) is 9.54. The van der Waals surface area contributed by atoms with Gasteiger partial charge in [-0.2, -0.15) is 119 Å². The van der Waals surface area contributed by atoms with Crippen LogP contribution in [0.15, 0.2) is 121 Å². The second-order valence-corrected chi connectivity index (χ2v) is 32.2. The molecule has 848 valence electrons. The van der Waals surface area contributed by atoms with E-state index in [0.717, 1.165) is 62.3 Å². The Kier molecular flexibility index (Phi) is 65.8. The van der Waals surface area contributed by atoms with Crippen molar-refractivity contribution in [3.8, 4) is 0 Å². The average molecular weight is 2200 g/mol. The van der Waals surface area contributed by atoms with E-state index in [1.54, 1.807) is 121 Å². The SMILES string of the molecule is CC(CC(N)C(=O)O)C(F)(F)F.C[C@@H](CC(NC(=O)OCc1ccccc1)C(=O)O)C(F)(F)F.C[C@@H](CC(NC(=O)OCc1ccccc1)C(=O)O)C(F)(F)F.C[C@@H](C[C@@H](N)C(=O)O)C(F)(F)F.C[C@@H](C[C@H](N)C(=O)O)C(F)(F)F.C[C@H](CC(NC(=O)OCc1ccccc1)C(=O)O)C(F)(F)F.C[C@H](CC(NC(=O)OCc1ccccc1)C(=O)O)C(F)(F)F.C[C@H](C[C@@H](N)C(=O)O)C(F)(F)F.C[C@H](C[C@H](N)C(=O)O)C(F)(F)F. The van der Waals surface area contributed by atoms with E-state index in [1.165, 1.54) is 0 Å². The van der Waals surface area contributed by atoms with Gasteiger partial charge in [0.1, 0.15) is 80.8 Å². The largest absolute Gasteiger partial charge is 0.480 e. The predicted molar refractivity (Wildman–Crippen MR) is 461 cm³/mol. The summed E-state index contributed by atoms with van der Waals surface area (Å²) in [6.07, 6.45) is -50.2. The van der Waals surface area contributed by atoms with Crippen molar-refractivity contribution in [2.75, 3.05) is 0 Å². The van der Waals surface area contributed by atoms with Gasteiger partial charge in [-0.1, -0.05) is 184 Å². The van der Waals surface area contributed by atoms with Gasteiger partial charge in [0.25, 0.3) is 0 Å². The van der Waals surface area contributed by atoms with Crippen molar-refractivity contribution >= 4 is 78.1 Å². The van der Waals surface area contributed by atoms with Crippen molar-refractivity contribution in [1.29, 1.82) is 0 Å². The maximum atomic E-state index is 12.4. The number of hydrogen-bond acceptors (Lipinski definition) is 22. The quantitative estimate of drug-likeness (QED) is 0.0146. The Morgan fingerprint density at radius 1 is 0.209 bits per heavy atom. The zero-order chi connectivity index (χ0) is 117. The predicted octanol–water partition coefficient (Wildman–Crippen LogP) is 16.8. The number of carbonyl (C=O) groups excluding carboxylic acids is 4. The molecule has 0 saturated heterocycles. The van der Waals surface area contributed by atoms with Crippen LogP contribution in [0, 0.1) is 53.3 Å². The molecule has 0 spiro atoms. The number of carboxylic acids is 9. The molecule has 23 N–H and O–H groups in total. The van der Waals surface area contributed by atoms with Gasteiger partial charge in [-0.3, -0.25) is 24.0 Å². The van der Waals surface area contributed by atoms with Crippen LogP contribution < -0.4 is 49.9 Å². The molecule has 0 aliphatic rings. The summed E-state index contributed by atoms with van der Waals surface area (Å²) in [5.41, 5.74) is 27.3. The molecule has 18 atom stereocenters. The molecule has 0 heterocycles. The Balaban J connectivity index is -0.000000526. The molecule has 4 rings (SSSR count). The van der Waals surface area contributed by atoms with E-state index in [1.807, 2.05) is 21.3 Å². The summed E-state index contributed by atoms with van der Waals surface area (Å²) < 4.78 is 346. The van der Waals surface area contributed by atoms with Crippen molar-refractivity contribution in [3.63, 3.8) is 0 Å². The van der Waals surface area contributed by atoms with Gasteiger partial charge in [-0.25, -0.2) is 38.4 Å². The smallest absolute Gasteiger partial charge is 0.408 e. The first kappa shape index (κ1) is 144. The number of benzene rings is 4. The van der Waals surface area contributed by atoms with Crippen LogP contribution in [0.1, 0.15) is 142 Å². The van der Waals surface area contributed by atoms with Crippen LogP contribution >= 0.6 is 0 Å². The lowest BCUT2D eigenvalue weighted by Crippen LogP contribution is -2.43. The number of halogens is 27. The molecule has 0 radical (unpaired) electrons. The summed E-state index contributed by atoms with van der Waals surface area (Å²) >= 11 is 0. The van der Waals surface area contributed by atoms with Crippen molar-refractivity contribution in [2.24, 2.45) is 81.9 Å². The molecule has 6 unspecified atom stereocenters. The third-order valence-corrected chi connectivity index (χ3v) is 19.2. The third-order valence-electron chi connectivity index (χ3n) is 19.2. The van der Waals surface area contributed by atoms with E-state index < -0.39 is 299 Å². The van der Waals surface area contributed by atoms with E-state index in [0.29, 0.717) is 22.3 Å². The number of alkyl halides is 27. The number of amides is 4. The van der Waals surface area contributed by atoms with Crippen LogP contribution in [-0.2, 0) is 88.5 Å². The van der Waals surface area contributed by atoms with Gasteiger partial charge in [-0.15, -0.1) is 0 Å². The summed E-state index contributed by atoms with van der Waals surface area (Å²) in [6.45, 7) is 7.53. The minimum absolute atomic E-state index is 0.103. The Morgan fingerprint density at radius 3 is 0.412 bits per heavy atom. The molecule has 4 amide bonds. The number of alkyl carbamates (subject to hydrolysis) is 4. The number of rotatable bonds is 39. The Labute approximate surface area is 824 Å². The number of nitrogens with two attached hydrogens (primary N) is 5. The van der Waals surface area contributed by atoms with Gasteiger partial charge in [0.2, 0.25) is 0 Å². The molecule has 148 heavy (non-hydrogen) atoms. The lowest BCUT2D eigenvalue weighted by Gasteiger charge is -2.20. The fraction of sp³-hybridized carbons (Fsp3) is 0.570. The molecule has 35 nitrogen and oxygen atoms in total. The molecule has 0 aromatic heterocycles. The minimum Gasteiger partial charge on any atom is -0.480 e. The summed E-state index contributed by atoms with van der Waals surface area (Å²) in [5, 5.41) is 84.3. The zero-order valence-electron chi connectivity index (χ0n) is 79.2. The van der Waals surface area contributed by atoms with E-state index >= 15 is 0 Å². The molecular weight excluding hydrogens is 2090 g/mol. The number of carbonyl (C=O) groups is 13. The van der Waals surface area contributed by atoms with Crippen LogP contribution in [-0.4, -0.2) is 234 Å². The Morgan fingerprint density at radius 2 is 0.318 bits per heavy atom. The van der Waals surface area contributed by atoms with Gasteiger partial charge in [0, 0.05) is 0 Å². The lowest BCUT2D eigenvalue weighted by atomic mass is 10.0. The molecule has 62 heteroatoms. The normalized spacial score (nSPS) is 15.2. The molecule has 0 bridgehead atoms. The number of carboxylic acid groups (broad SMARTS) is 9. The van der Waals surface area contributed by atoms with Crippen LogP contribution in [0.3, 0.4) is 0 Å². The average Bonchev–Trinajstić information content (AvgIpc) is 0.878. The monoisotopic (exact) mass is 2200 g/mol. The molecule has 0 aliphatic carbocycles. The van der Waals surface area contributed by atoms with Crippen LogP contribution in [0.4, 0.5) is 138 Å². The van der Waals surface area contributed by atoms with Crippen molar-refractivity contribution in [1.82, 2.24) is 21.3 Å². The van der Waals surface area contributed by atoms with E-state index in [9.17, 15) is 181 Å². The summed E-state index contributed by atoms with van der Waals surface area (Å²) in [5.74, 6) is -29.1. The topological polar surface area (TPSA) is 619 Å². The molecule has 0 aliphatic heterocycles. The van der Waals surface area contributed by atoms with Crippen LogP contribution in [0.25, 0.3) is 0 Å². The Bertz CT molecular complexity index is 3980. The second-order valence-electron chi connectivity index (χ2n) is 32.2. The summed E-state index contributed by atoms with van der Waals surface area (Å²) in [7, 11) is 0. The third kappa shape index (κ3) is 70.8. The van der Waals surface area contributed by atoms with Crippen molar-refractivity contribution in [3.05, 3.63) is 144 Å². The lowest BCUT2D eigenvalue weighted by molar-refractivity contribution is -0.175. The van der Waals surface area contributed by atoms with Gasteiger partial charge in [0.15, 0.2) is 0 Å². The maximum absolute atomic E-state index is 12.4. The van der Waals surface area contributed by atoms with E-state index in [2.05, 4.69) is 0 Å². The van der Waals surface area contributed by atoms with Crippen molar-refractivity contribution < 1.29 is 246 Å². The number of nitrogens with one attached hydrogen (secondary N) is 4. The number of aliphatic carboxylic acids is 9. The fourth-order valence-electron chi connectivity index (χ4n) is 9.54. The number of ether oxygens (including phenoxy) is 4. The highest BCUT2D eigenvalue weighted by atomic mass is 19.4. The van der Waals surface area contributed by atoms with Gasteiger partial charge >= 0.3 is 134 Å². The van der Waals surface area contributed by atoms with Crippen molar-refractivity contribution in [2.45, 2.75) is 256 Å². The van der Waals surface area contributed by atoms with Gasteiger partial charge in [0.05, 0.1) is 53.3 Å². The molecular formula is C86H114F27N9O26. The highest BCUT2D eigenvalue weighted by molar-refractivity contribution is 5.82. The standard InChI is InChI=1S/4C14H16F3NO4.5C6H10F3NO2/c4*1-9(14(15,16)17)7-11(12(19)20)18-13(21)22-8-10-5-3-2-4-6-10;5*1-3(6(7,8)9)2-4(10)5(11)12/h4*2-6,9,11H,7-8H2,1H3,(H,18,21)(H,19,20);5*3-4H,2,10H2,1H3,(H,11,12)/t4*9-,11?;2*3-,4+;2*3-,4-;/m11001010./s1. The first-order valence-electron chi connectivity index (χ1n) is 42.4. The first-order valence-corrected chi connectivity index (χ1v) is 42.4. The first-order chi connectivity index (χ1) is 67.0. The van der Waals surface area contributed by atoms with Gasteiger partial charge < -0.3 is 115 Å². The molecule has 4 aromatic rings. The highest BCUT2D eigenvalue weighted by Gasteiger charge is 2.46. The van der Waals surface area contributed by atoms with Crippen LogP contribution in [0.5, 0.6) is 0 Å². The number of hydrogen-bond donors (Lipinski definition) is 18. The molecule has 0 fully saturated rings. The maximum Gasteiger partial charge on any atom is 0.408 e. The Hall–Kier alpha value is -12.9. The van der Waals surface area contributed by atoms with E-state index in [-0.39, 0.29) is 26.4 Å².